The summed E-state index contributed by atoms with van der Waals surface area (Å²) in [5, 5.41) is 6.32. The fourth-order valence-electron chi connectivity index (χ4n) is 1.96. The Morgan fingerprint density at radius 2 is 2.25 bits per heavy atom. The number of nitrogens with zero attached hydrogens (tertiary/aromatic N) is 1. The second-order valence-corrected chi connectivity index (χ2v) is 5.00. The SMILES string of the molecule is CC1NCCC1C(=O)NCCN(C)C(C)C. The molecular weight excluding hydrogens is 202 g/mol. The van der Waals surface area contributed by atoms with E-state index in [1.54, 1.807) is 0 Å². The fourth-order valence-corrected chi connectivity index (χ4v) is 1.96. The summed E-state index contributed by atoms with van der Waals surface area (Å²) >= 11 is 0. The molecule has 2 N–H and O–H groups in total. The Bertz CT molecular complexity index is 230. The molecule has 94 valence electrons. The lowest BCUT2D eigenvalue weighted by Gasteiger charge is -2.22. The molecule has 1 rings (SSSR count). The van der Waals surface area contributed by atoms with Crippen LogP contribution in [0.25, 0.3) is 0 Å². The molecule has 0 aromatic rings. The summed E-state index contributed by atoms with van der Waals surface area (Å²) in [7, 11) is 2.08. The smallest absolute Gasteiger partial charge is 0.224 e. The highest BCUT2D eigenvalue weighted by Crippen LogP contribution is 2.14. The topological polar surface area (TPSA) is 44.4 Å². The van der Waals surface area contributed by atoms with Crippen molar-refractivity contribution in [3.05, 3.63) is 0 Å². The highest BCUT2D eigenvalue weighted by molar-refractivity contribution is 5.79. The lowest BCUT2D eigenvalue weighted by Crippen LogP contribution is -2.41. The summed E-state index contributed by atoms with van der Waals surface area (Å²) in [4.78, 5) is 14.1. The zero-order valence-electron chi connectivity index (χ0n) is 10.9. The van der Waals surface area contributed by atoms with Gasteiger partial charge in [0.05, 0.1) is 5.92 Å². The molecule has 2 unspecified atom stereocenters. The molecule has 4 nitrogen and oxygen atoms in total. The third-order valence-electron chi connectivity index (χ3n) is 3.51. The molecule has 0 bridgehead atoms. The average Bonchev–Trinajstić information content (AvgIpc) is 2.64. The predicted octanol–water partition coefficient (Wildman–Crippen LogP) is 0.441. The quantitative estimate of drug-likeness (QED) is 0.716. The van der Waals surface area contributed by atoms with E-state index in [9.17, 15) is 4.79 Å². The maximum atomic E-state index is 11.8. The van der Waals surface area contributed by atoms with Gasteiger partial charge in [0.25, 0.3) is 0 Å². The predicted molar refractivity (Wildman–Crippen MR) is 66.3 cm³/mol. The van der Waals surface area contributed by atoms with Crippen LogP contribution in [0.3, 0.4) is 0 Å². The Morgan fingerprint density at radius 1 is 1.56 bits per heavy atom. The van der Waals surface area contributed by atoms with Gasteiger partial charge in [-0.1, -0.05) is 0 Å². The molecule has 0 aromatic heterocycles. The van der Waals surface area contributed by atoms with Crippen LogP contribution in [-0.2, 0) is 4.79 Å². The van der Waals surface area contributed by atoms with Crippen LogP contribution in [0.2, 0.25) is 0 Å². The number of nitrogens with one attached hydrogen (secondary N) is 2. The number of amides is 1. The Balaban J connectivity index is 2.20. The van der Waals surface area contributed by atoms with E-state index in [0.717, 1.165) is 26.1 Å². The van der Waals surface area contributed by atoms with Crippen molar-refractivity contribution in [2.24, 2.45) is 5.92 Å². The van der Waals surface area contributed by atoms with Crippen molar-refractivity contribution in [3.8, 4) is 0 Å². The van der Waals surface area contributed by atoms with Crippen molar-refractivity contribution in [1.82, 2.24) is 15.5 Å². The van der Waals surface area contributed by atoms with E-state index in [0.29, 0.717) is 12.1 Å². The third kappa shape index (κ3) is 3.76. The van der Waals surface area contributed by atoms with Crippen molar-refractivity contribution in [2.45, 2.75) is 39.3 Å². The molecule has 1 saturated heterocycles. The van der Waals surface area contributed by atoms with E-state index in [2.05, 4.69) is 43.4 Å². The third-order valence-corrected chi connectivity index (χ3v) is 3.51. The molecule has 4 heteroatoms. The minimum atomic E-state index is 0.157. The molecule has 16 heavy (non-hydrogen) atoms. The van der Waals surface area contributed by atoms with E-state index in [1.807, 2.05) is 0 Å². The highest BCUT2D eigenvalue weighted by Gasteiger charge is 2.28. The highest BCUT2D eigenvalue weighted by atomic mass is 16.1. The van der Waals surface area contributed by atoms with E-state index < -0.39 is 0 Å². The molecule has 0 aromatic carbocycles. The summed E-state index contributed by atoms with van der Waals surface area (Å²) < 4.78 is 0. The minimum absolute atomic E-state index is 0.157. The standard InChI is InChI=1S/C12H25N3O/c1-9(2)15(4)8-7-14-12(16)11-5-6-13-10(11)3/h9-11,13H,5-8H2,1-4H3,(H,14,16). The molecule has 0 radical (unpaired) electrons. The Hall–Kier alpha value is -0.610. The first kappa shape index (κ1) is 13.5. The molecule has 1 fully saturated rings. The summed E-state index contributed by atoms with van der Waals surface area (Å²) in [5.74, 6) is 0.360. The second-order valence-electron chi connectivity index (χ2n) is 5.00. The molecule has 1 amide bonds. The first-order valence-corrected chi connectivity index (χ1v) is 6.23. The van der Waals surface area contributed by atoms with Gasteiger partial charge in [-0.3, -0.25) is 4.79 Å². The number of hydrogen-bond donors (Lipinski definition) is 2. The van der Waals surface area contributed by atoms with Crippen LogP contribution in [-0.4, -0.2) is 49.6 Å². The van der Waals surface area contributed by atoms with Gasteiger partial charge in [0.15, 0.2) is 0 Å². The lowest BCUT2D eigenvalue weighted by molar-refractivity contribution is -0.125. The van der Waals surface area contributed by atoms with E-state index in [1.165, 1.54) is 0 Å². The Labute approximate surface area is 98.8 Å². The van der Waals surface area contributed by atoms with Gasteiger partial charge in [0.1, 0.15) is 0 Å². The summed E-state index contributed by atoms with van der Waals surface area (Å²) in [6, 6.07) is 0.854. The minimum Gasteiger partial charge on any atom is -0.355 e. The van der Waals surface area contributed by atoms with Gasteiger partial charge >= 0.3 is 0 Å². The van der Waals surface area contributed by atoms with Crippen LogP contribution < -0.4 is 10.6 Å². The van der Waals surface area contributed by atoms with E-state index in [4.69, 9.17) is 0 Å². The fraction of sp³-hybridized carbons (Fsp3) is 0.917. The molecular formula is C12H25N3O. The van der Waals surface area contributed by atoms with Crippen molar-refractivity contribution in [2.75, 3.05) is 26.7 Å². The lowest BCUT2D eigenvalue weighted by atomic mass is 10.0. The van der Waals surface area contributed by atoms with Crippen LogP contribution in [0.15, 0.2) is 0 Å². The molecule has 2 atom stereocenters. The van der Waals surface area contributed by atoms with Gasteiger partial charge in [-0.15, -0.1) is 0 Å². The number of rotatable bonds is 5. The summed E-state index contributed by atoms with van der Waals surface area (Å²) in [6.45, 7) is 9.02. The first-order valence-electron chi connectivity index (χ1n) is 6.23. The molecule has 1 aliphatic heterocycles. The monoisotopic (exact) mass is 227 g/mol. The normalized spacial score (nSPS) is 25.4. The van der Waals surface area contributed by atoms with Crippen molar-refractivity contribution < 1.29 is 4.79 Å². The maximum absolute atomic E-state index is 11.8. The molecule has 0 spiro atoms. The first-order chi connectivity index (χ1) is 7.52. The van der Waals surface area contributed by atoms with Crippen LogP contribution in [0.1, 0.15) is 27.2 Å². The molecule has 0 saturated carbocycles. The number of likely N-dealkylation sites (N-methyl/N-ethyl adjacent to an activating group) is 1. The van der Waals surface area contributed by atoms with Gasteiger partial charge < -0.3 is 15.5 Å². The number of carbonyl (C=O) groups excluding carboxylic acids is 1. The molecule has 1 aliphatic rings. The number of hydrogen-bond acceptors (Lipinski definition) is 3. The Kier molecular flexibility index (Phi) is 5.22. The number of carbonyl (C=O) groups is 1. The van der Waals surface area contributed by atoms with E-state index in [-0.39, 0.29) is 11.8 Å². The molecule has 0 aliphatic carbocycles. The van der Waals surface area contributed by atoms with Gasteiger partial charge in [-0.2, -0.15) is 0 Å². The second kappa shape index (κ2) is 6.21. The van der Waals surface area contributed by atoms with E-state index >= 15 is 0 Å². The van der Waals surface area contributed by atoms with Gasteiger partial charge in [0, 0.05) is 25.2 Å². The van der Waals surface area contributed by atoms with Crippen molar-refractivity contribution in [1.29, 1.82) is 0 Å². The largest absolute Gasteiger partial charge is 0.355 e. The summed E-state index contributed by atoms with van der Waals surface area (Å²) in [6.07, 6.45) is 0.965. The van der Waals surface area contributed by atoms with Crippen molar-refractivity contribution >= 4 is 5.91 Å². The van der Waals surface area contributed by atoms with Crippen LogP contribution in [0.5, 0.6) is 0 Å². The zero-order valence-corrected chi connectivity index (χ0v) is 10.9. The summed E-state index contributed by atoms with van der Waals surface area (Å²) in [5.41, 5.74) is 0. The van der Waals surface area contributed by atoms with Gasteiger partial charge in [-0.05, 0) is 40.8 Å². The zero-order chi connectivity index (χ0) is 12.1. The van der Waals surface area contributed by atoms with Crippen LogP contribution >= 0.6 is 0 Å². The van der Waals surface area contributed by atoms with Gasteiger partial charge in [0.2, 0.25) is 5.91 Å². The molecule has 1 heterocycles. The Morgan fingerprint density at radius 3 is 2.75 bits per heavy atom. The van der Waals surface area contributed by atoms with Crippen LogP contribution in [0.4, 0.5) is 0 Å². The maximum Gasteiger partial charge on any atom is 0.224 e. The van der Waals surface area contributed by atoms with Crippen molar-refractivity contribution in [3.63, 3.8) is 0 Å². The van der Waals surface area contributed by atoms with Gasteiger partial charge in [-0.25, -0.2) is 0 Å². The average molecular weight is 227 g/mol. The van der Waals surface area contributed by atoms with Crippen LogP contribution in [0, 0.1) is 5.92 Å².